The number of halogens is 1. The van der Waals surface area contributed by atoms with E-state index in [-0.39, 0.29) is 0 Å². The van der Waals surface area contributed by atoms with Crippen LogP contribution in [0.2, 0.25) is 0 Å². The second-order valence-corrected chi connectivity index (χ2v) is 7.34. The van der Waals surface area contributed by atoms with E-state index in [1.165, 1.54) is 24.2 Å². The summed E-state index contributed by atoms with van der Waals surface area (Å²) in [7, 11) is 0. The lowest BCUT2D eigenvalue weighted by molar-refractivity contribution is 0.498. The Morgan fingerprint density at radius 3 is 2.42 bits per heavy atom. The van der Waals surface area contributed by atoms with Crippen LogP contribution in [0.25, 0.3) is 0 Å². The maximum absolute atomic E-state index is 3.61. The monoisotopic (exact) mass is 343 g/mol. The predicted octanol–water partition coefficient (Wildman–Crippen LogP) is 4.92. The Labute approximate surface area is 131 Å². The molecule has 0 fully saturated rings. The van der Waals surface area contributed by atoms with E-state index in [0.29, 0.717) is 5.92 Å². The maximum atomic E-state index is 3.61. The minimum atomic E-state index is 0.638. The molecule has 19 heavy (non-hydrogen) atoms. The number of benzene rings is 1. The summed E-state index contributed by atoms with van der Waals surface area (Å²) < 4.78 is 1.16. The molecule has 0 radical (unpaired) electrons. The van der Waals surface area contributed by atoms with Gasteiger partial charge >= 0.3 is 0 Å². The van der Waals surface area contributed by atoms with Crippen LogP contribution in [0.15, 0.2) is 28.7 Å². The summed E-state index contributed by atoms with van der Waals surface area (Å²) in [5, 5.41) is 3.61. The SMILES string of the molecule is CSCCCC(CNCC(C)C)c1ccc(Br)cc1. The van der Waals surface area contributed by atoms with Crippen molar-refractivity contribution in [1.82, 2.24) is 5.32 Å². The zero-order chi connectivity index (χ0) is 14.1. The van der Waals surface area contributed by atoms with Gasteiger partial charge in [-0.2, -0.15) is 11.8 Å². The number of rotatable bonds is 9. The van der Waals surface area contributed by atoms with Gasteiger partial charge in [0.15, 0.2) is 0 Å². The summed E-state index contributed by atoms with van der Waals surface area (Å²) in [6.07, 6.45) is 4.75. The highest BCUT2D eigenvalue weighted by Crippen LogP contribution is 2.23. The van der Waals surface area contributed by atoms with Crippen molar-refractivity contribution in [1.29, 1.82) is 0 Å². The van der Waals surface area contributed by atoms with Crippen molar-refractivity contribution in [2.24, 2.45) is 5.92 Å². The molecule has 0 heterocycles. The molecule has 0 amide bonds. The molecule has 1 unspecified atom stereocenters. The summed E-state index contributed by atoms with van der Waals surface area (Å²) in [5.41, 5.74) is 1.46. The van der Waals surface area contributed by atoms with Crippen LogP contribution in [0.1, 0.15) is 38.2 Å². The van der Waals surface area contributed by atoms with Crippen LogP contribution in [0.3, 0.4) is 0 Å². The van der Waals surface area contributed by atoms with E-state index in [9.17, 15) is 0 Å². The molecule has 108 valence electrons. The fourth-order valence-corrected chi connectivity index (χ4v) is 2.86. The lowest BCUT2D eigenvalue weighted by Crippen LogP contribution is -2.25. The highest BCUT2D eigenvalue weighted by molar-refractivity contribution is 9.10. The summed E-state index contributed by atoms with van der Waals surface area (Å²) >= 11 is 5.45. The molecule has 0 aliphatic rings. The second-order valence-electron chi connectivity index (χ2n) is 5.44. The first-order valence-corrected chi connectivity index (χ1v) is 9.27. The molecule has 1 N–H and O–H groups in total. The standard InChI is InChI=1S/C16H26BrNS/c1-13(2)11-18-12-15(5-4-10-19-3)14-6-8-16(17)9-7-14/h6-9,13,15,18H,4-5,10-12H2,1-3H3. The van der Waals surface area contributed by atoms with Crippen molar-refractivity contribution in [2.45, 2.75) is 32.6 Å². The number of hydrogen-bond acceptors (Lipinski definition) is 2. The third kappa shape index (κ3) is 7.38. The first-order valence-electron chi connectivity index (χ1n) is 7.08. The van der Waals surface area contributed by atoms with Crippen LogP contribution in [-0.4, -0.2) is 25.1 Å². The highest BCUT2D eigenvalue weighted by Gasteiger charge is 2.11. The average molecular weight is 344 g/mol. The van der Waals surface area contributed by atoms with E-state index in [1.807, 2.05) is 11.8 Å². The van der Waals surface area contributed by atoms with Gasteiger partial charge in [0.1, 0.15) is 0 Å². The normalized spacial score (nSPS) is 12.9. The zero-order valence-electron chi connectivity index (χ0n) is 12.3. The van der Waals surface area contributed by atoms with Gasteiger partial charge in [0.05, 0.1) is 0 Å². The Bertz CT molecular complexity index is 337. The van der Waals surface area contributed by atoms with Gasteiger partial charge in [-0.1, -0.05) is 41.9 Å². The van der Waals surface area contributed by atoms with Crippen LogP contribution >= 0.6 is 27.7 Å². The van der Waals surface area contributed by atoms with Crippen molar-refractivity contribution in [2.75, 3.05) is 25.1 Å². The maximum Gasteiger partial charge on any atom is 0.0175 e. The van der Waals surface area contributed by atoms with E-state index < -0.39 is 0 Å². The first kappa shape index (κ1) is 17.1. The van der Waals surface area contributed by atoms with Crippen molar-refractivity contribution in [3.8, 4) is 0 Å². The Morgan fingerprint density at radius 2 is 1.84 bits per heavy atom. The minimum absolute atomic E-state index is 0.638. The quantitative estimate of drug-likeness (QED) is 0.638. The lowest BCUT2D eigenvalue weighted by atomic mass is 9.94. The molecule has 0 aromatic heterocycles. The Balaban J connectivity index is 2.54. The number of hydrogen-bond donors (Lipinski definition) is 1. The van der Waals surface area contributed by atoms with Crippen molar-refractivity contribution >= 4 is 27.7 Å². The Morgan fingerprint density at radius 1 is 1.16 bits per heavy atom. The van der Waals surface area contributed by atoms with Gasteiger partial charge in [0.2, 0.25) is 0 Å². The number of nitrogens with one attached hydrogen (secondary N) is 1. The highest BCUT2D eigenvalue weighted by atomic mass is 79.9. The van der Waals surface area contributed by atoms with Gasteiger partial charge in [-0.05, 0) is 60.9 Å². The third-order valence-electron chi connectivity index (χ3n) is 3.19. The van der Waals surface area contributed by atoms with E-state index in [4.69, 9.17) is 0 Å². The van der Waals surface area contributed by atoms with Crippen molar-refractivity contribution in [3.05, 3.63) is 34.3 Å². The number of thioether (sulfide) groups is 1. The van der Waals surface area contributed by atoms with Crippen molar-refractivity contribution in [3.63, 3.8) is 0 Å². The van der Waals surface area contributed by atoms with Gasteiger partial charge in [-0.25, -0.2) is 0 Å². The summed E-state index contributed by atoms with van der Waals surface area (Å²) in [5.74, 6) is 2.62. The van der Waals surface area contributed by atoms with Crippen LogP contribution in [0.4, 0.5) is 0 Å². The summed E-state index contributed by atoms with van der Waals surface area (Å²) in [6.45, 7) is 6.72. The Kier molecular flexibility index (Phi) is 8.84. The smallest absolute Gasteiger partial charge is 0.0175 e. The van der Waals surface area contributed by atoms with Gasteiger partial charge in [-0.3, -0.25) is 0 Å². The van der Waals surface area contributed by atoms with Gasteiger partial charge < -0.3 is 5.32 Å². The first-order chi connectivity index (χ1) is 9.13. The molecule has 0 spiro atoms. The molecule has 1 aromatic rings. The molecule has 0 saturated heterocycles. The molecule has 1 aromatic carbocycles. The minimum Gasteiger partial charge on any atom is -0.316 e. The largest absolute Gasteiger partial charge is 0.316 e. The van der Waals surface area contributed by atoms with Crippen molar-refractivity contribution < 1.29 is 0 Å². The zero-order valence-corrected chi connectivity index (χ0v) is 14.7. The van der Waals surface area contributed by atoms with E-state index >= 15 is 0 Å². The van der Waals surface area contributed by atoms with Gasteiger partial charge in [0.25, 0.3) is 0 Å². The molecule has 1 atom stereocenters. The molecular formula is C16H26BrNS. The Hall–Kier alpha value is 0.01000. The van der Waals surface area contributed by atoms with E-state index in [2.05, 4.69) is 65.6 Å². The molecular weight excluding hydrogens is 318 g/mol. The summed E-state index contributed by atoms with van der Waals surface area (Å²) in [6, 6.07) is 8.81. The molecule has 3 heteroatoms. The van der Waals surface area contributed by atoms with E-state index in [1.54, 1.807) is 0 Å². The average Bonchev–Trinajstić information content (AvgIpc) is 2.38. The third-order valence-corrected chi connectivity index (χ3v) is 4.41. The molecule has 1 rings (SSSR count). The second kappa shape index (κ2) is 9.84. The van der Waals surface area contributed by atoms with Crippen LogP contribution in [0.5, 0.6) is 0 Å². The van der Waals surface area contributed by atoms with E-state index in [0.717, 1.165) is 23.5 Å². The van der Waals surface area contributed by atoms with Gasteiger partial charge in [0, 0.05) is 11.0 Å². The van der Waals surface area contributed by atoms with Crippen LogP contribution in [-0.2, 0) is 0 Å². The topological polar surface area (TPSA) is 12.0 Å². The van der Waals surface area contributed by atoms with Gasteiger partial charge in [-0.15, -0.1) is 0 Å². The molecule has 0 aliphatic heterocycles. The predicted molar refractivity (Wildman–Crippen MR) is 92.2 cm³/mol. The molecule has 0 bridgehead atoms. The fourth-order valence-electron chi connectivity index (χ4n) is 2.14. The molecule has 1 nitrogen and oxygen atoms in total. The molecule has 0 saturated carbocycles. The van der Waals surface area contributed by atoms with Crippen LogP contribution in [0, 0.1) is 5.92 Å². The van der Waals surface area contributed by atoms with Crippen LogP contribution < -0.4 is 5.32 Å². The fraction of sp³-hybridized carbons (Fsp3) is 0.625. The lowest BCUT2D eigenvalue weighted by Gasteiger charge is -2.19. The molecule has 0 aliphatic carbocycles. The summed E-state index contributed by atoms with van der Waals surface area (Å²) in [4.78, 5) is 0.